The monoisotopic (exact) mass is 253 g/mol. The zero-order valence-electron chi connectivity index (χ0n) is 10.0. The minimum Gasteiger partial charge on any atom is -0.272 e. The second-order valence-corrected chi connectivity index (χ2v) is 7.04. The van der Waals surface area contributed by atoms with E-state index < -0.39 is 5.60 Å². The van der Waals surface area contributed by atoms with Crippen LogP contribution in [0, 0.1) is 11.8 Å². The number of imide groups is 1. The quantitative estimate of drug-likeness (QED) is 0.523. The van der Waals surface area contributed by atoms with E-state index in [1.165, 1.54) is 0 Å². The van der Waals surface area contributed by atoms with Gasteiger partial charge in [-0.3, -0.25) is 14.4 Å². The van der Waals surface area contributed by atoms with Crippen molar-refractivity contribution in [3.63, 3.8) is 0 Å². The van der Waals surface area contributed by atoms with E-state index in [0.29, 0.717) is 0 Å². The molecule has 2 bridgehead atoms. The number of fused-ring (bicyclic) bond motifs is 5. The van der Waals surface area contributed by atoms with Crippen LogP contribution < -0.4 is 0 Å². The van der Waals surface area contributed by atoms with Gasteiger partial charge in [0.15, 0.2) is 0 Å². The van der Waals surface area contributed by atoms with Crippen molar-refractivity contribution in [3.05, 3.63) is 12.2 Å². The van der Waals surface area contributed by atoms with Crippen molar-refractivity contribution in [3.8, 4) is 0 Å². The molecule has 3 aliphatic heterocycles. The summed E-state index contributed by atoms with van der Waals surface area (Å²) in [6.07, 6.45) is 4.09. The molecular weight excluding hydrogens is 238 g/mol. The van der Waals surface area contributed by atoms with Crippen LogP contribution >= 0.6 is 11.8 Å². The maximum atomic E-state index is 12.2. The van der Waals surface area contributed by atoms with Crippen molar-refractivity contribution in [1.82, 2.24) is 5.06 Å². The number of rotatable bonds is 1. The highest BCUT2D eigenvalue weighted by molar-refractivity contribution is 8.01. The Kier molecular flexibility index (Phi) is 2.23. The summed E-state index contributed by atoms with van der Waals surface area (Å²) in [4.78, 5) is 29.9. The summed E-state index contributed by atoms with van der Waals surface area (Å²) in [6.45, 7) is 5.51. The lowest BCUT2D eigenvalue weighted by Gasteiger charge is -2.25. The van der Waals surface area contributed by atoms with Gasteiger partial charge >= 0.3 is 0 Å². The SMILES string of the molecule is CC(C)(C)ON1C(=O)C2C3C=CC(S3)C2C1=O. The second-order valence-electron chi connectivity index (χ2n) is 5.68. The third-order valence-corrected chi connectivity index (χ3v) is 4.76. The van der Waals surface area contributed by atoms with Gasteiger partial charge in [-0.25, -0.2) is 0 Å². The Balaban J connectivity index is 1.88. The summed E-state index contributed by atoms with van der Waals surface area (Å²) >= 11 is 1.72. The average Bonchev–Trinajstić information content (AvgIpc) is 2.86. The molecular formula is C12H15NO3S. The standard InChI is InChI=1S/C12H15NO3S/c1-12(2,3)16-13-10(14)8-6-4-5-7(17-6)9(8)11(13)15/h4-9H,1-3H3. The van der Waals surface area contributed by atoms with Crippen molar-refractivity contribution < 1.29 is 14.4 Å². The number of carbonyl (C=O) groups excluding carboxylic acids is 2. The minimum atomic E-state index is -0.524. The highest BCUT2D eigenvalue weighted by atomic mass is 32.2. The smallest absolute Gasteiger partial charge is 0.258 e. The summed E-state index contributed by atoms with van der Waals surface area (Å²) in [6, 6.07) is 0. The molecule has 0 aromatic carbocycles. The molecule has 4 atom stereocenters. The number of amides is 2. The van der Waals surface area contributed by atoms with E-state index in [-0.39, 0.29) is 34.2 Å². The van der Waals surface area contributed by atoms with Crippen LogP contribution in [0.5, 0.6) is 0 Å². The first-order valence-electron chi connectivity index (χ1n) is 5.79. The predicted molar refractivity (Wildman–Crippen MR) is 64.0 cm³/mol. The fraction of sp³-hybridized carbons (Fsp3) is 0.667. The van der Waals surface area contributed by atoms with E-state index in [1.54, 1.807) is 11.8 Å². The molecule has 0 aromatic rings. The molecule has 0 aromatic heterocycles. The maximum absolute atomic E-state index is 12.2. The predicted octanol–water partition coefficient (Wildman–Crippen LogP) is 1.37. The van der Waals surface area contributed by atoms with Crippen LogP contribution in [0.2, 0.25) is 0 Å². The molecule has 5 heteroatoms. The van der Waals surface area contributed by atoms with Gasteiger partial charge in [0.05, 0.1) is 17.4 Å². The number of nitrogens with zero attached hydrogens (tertiary/aromatic N) is 1. The van der Waals surface area contributed by atoms with Crippen LogP contribution in [-0.4, -0.2) is 33.0 Å². The fourth-order valence-corrected chi connectivity index (χ4v) is 4.28. The Morgan fingerprint density at radius 2 is 1.59 bits per heavy atom. The van der Waals surface area contributed by atoms with Crippen molar-refractivity contribution in [2.45, 2.75) is 36.9 Å². The van der Waals surface area contributed by atoms with Gasteiger partial charge in [0.25, 0.3) is 11.8 Å². The molecule has 2 saturated heterocycles. The van der Waals surface area contributed by atoms with Gasteiger partial charge in [0.2, 0.25) is 0 Å². The molecule has 0 saturated carbocycles. The molecule has 0 N–H and O–H groups in total. The molecule has 2 fully saturated rings. The molecule has 4 unspecified atom stereocenters. The largest absolute Gasteiger partial charge is 0.272 e. The first-order chi connectivity index (χ1) is 7.88. The molecule has 4 nitrogen and oxygen atoms in total. The zero-order valence-corrected chi connectivity index (χ0v) is 10.9. The van der Waals surface area contributed by atoms with E-state index >= 15 is 0 Å². The molecule has 3 heterocycles. The van der Waals surface area contributed by atoms with Crippen LogP contribution in [0.3, 0.4) is 0 Å². The fourth-order valence-electron chi connectivity index (χ4n) is 2.64. The maximum Gasteiger partial charge on any atom is 0.258 e. The third-order valence-electron chi connectivity index (χ3n) is 3.24. The Morgan fingerprint density at radius 3 is 2.00 bits per heavy atom. The van der Waals surface area contributed by atoms with E-state index in [4.69, 9.17) is 4.84 Å². The Morgan fingerprint density at radius 1 is 1.12 bits per heavy atom. The van der Waals surface area contributed by atoms with E-state index in [2.05, 4.69) is 0 Å². The number of carbonyl (C=O) groups is 2. The first-order valence-corrected chi connectivity index (χ1v) is 6.73. The average molecular weight is 253 g/mol. The summed E-state index contributed by atoms with van der Waals surface area (Å²) in [5, 5.41) is 1.33. The van der Waals surface area contributed by atoms with Crippen LogP contribution in [-0.2, 0) is 14.4 Å². The lowest BCUT2D eigenvalue weighted by molar-refractivity contribution is -0.220. The van der Waals surface area contributed by atoms with Crippen molar-refractivity contribution in [1.29, 1.82) is 0 Å². The van der Waals surface area contributed by atoms with Gasteiger partial charge in [-0.1, -0.05) is 12.2 Å². The normalized spacial score (nSPS) is 39.4. The number of hydrogen-bond acceptors (Lipinski definition) is 4. The highest BCUT2D eigenvalue weighted by Gasteiger charge is 2.61. The lowest BCUT2D eigenvalue weighted by Crippen LogP contribution is -2.39. The summed E-state index contributed by atoms with van der Waals surface area (Å²) in [5.74, 6) is -0.742. The third kappa shape index (κ3) is 1.56. The molecule has 0 spiro atoms. The Hall–Kier alpha value is -0.810. The molecule has 0 aliphatic carbocycles. The summed E-state index contributed by atoms with van der Waals surface area (Å²) in [7, 11) is 0. The van der Waals surface area contributed by atoms with Crippen LogP contribution in [0.25, 0.3) is 0 Å². The van der Waals surface area contributed by atoms with E-state index in [9.17, 15) is 9.59 Å². The van der Waals surface area contributed by atoms with Crippen molar-refractivity contribution in [2.75, 3.05) is 0 Å². The topological polar surface area (TPSA) is 46.6 Å². The minimum absolute atomic E-state index is 0.162. The van der Waals surface area contributed by atoms with Gasteiger partial charge < -0.3 is 0 Å². The molecule has 0 radical (unpaired) electrons. The molecule has 2 amide bonds. The lowest BCUT2D eigenvalue weighted by atomic mass is 9.85. The van der Waals surface area contributed by atoms with Gasteiger partial charge in [-0.05, 0) is 20.8 Å². The van der Waals surface area contributed by atoms with Gasteiger partial charge in [-0.2, -0.15) is 5.06 Å². The number of hydroxylamine groups is 2. The Labute approximate surface area is 104 Å². The van der Waals surface area contributed by atoms with Gasteiger partial charge in [0, 0.05) is 10.5 Å². The molecule has 3 aliphatic rings. The van der Waals surface area contributed by atoms with E-state index in [1.807, 2.05) is 32.9 Å². The van der Waals surface area contributed by atoms with Crippen molar-refractivity contribution in [2.24, 2.45) is 11.8 Å². The van der Waals surface area contributed by atoms with Crippen molar-refractivity contribution >= 4 is 23.6 Å². The summed E-state index contributed by atoms with van der Waals surface area (Å²) < 4.78 is 0. The molecule has 17 heavy (non-hydrogen) atoms. The second kappa shape index (κ2) is 3.36. The Bertz CT molecular complexity index is 396. The molecule has 92 valence electrons. The summed E-state index contributed by atoms with van der Waals surface area (Å²) in [5.41, 5.74) is -0.524. The molecule has 3 rings (SSSR count). The number of hydrogen-bond donors (Lipinski definition) is 0. The van der Waals surface area contributed by atoms with Gasteiger partial charge in [-0.15, -0.1) is 11.8 Å². The first kappa shape index (κ1) is 11.3. The number of thioether (sulfide) groups is 1. The van der Waals surface area contributed by atoms with E-state index in [0.717, 1.165) is 5.06 Å². The zero-order chi connectivity index (χ0) is 12.4. The van der Waals surface area contributed by atoms with Crippen LogP contribution in [0.15, 0.2) is 12.2 Å². The van der Waals surface area contributed by atoms with Crippen LogP contribution in [0.4, 0.5) is 0 Å². The van der Waals surface area contributed by atoms with Gasteiger partial charge in [0.1, 0.15) is 0 Å². The highest BCUT2D eigenvalue weighted by Crippen LogP contribution is 2.53. The van der Waals surface area contributed by atoms with Crippen LogP contribution in [0.1, 0.15) is 20.8 Å².